The van der Waals surface area contributed by atoms with Crippen molar-refractivity contribution >= 4 is 17.7 Å². The van der Waals surface area contributed by atoms with E-state index in [0.29, 0.717) is 11.0 Å². The molecule has 1 rings (SSSR count). The van der Waals surface area contributed by atoms with Crippen LogP contribution in [0.15, 0.2) is 0 Å². The number of piperidine rings is 1. The van der Waals surface area contributed by atoms with Gasteiger partial charge in [-0.2, -0.15) is 0 Å². The molecule has 0 atom stereocenters. The highest BCUT2D eigenvalue weighted by atomic mass is 32.2. The molecular formula is C9H18N2O2S. The van der Waals surface area contributed by atoms with Crippen LogP contribution in [0.1, 0.15) is 12.8 Å². The molecule has 1 fully saturated rings. The van der Waals surface area contributed by atoms with Gasteiger partial charge in [-0.3, -0.25) is 9.63 Å². The van der Waals surface area contributed by atoms with Gasteiger partial charge in [0.2, 0.25) is 0 Å². The average Bonchev–Trinajstić information content (AvgIpc) is 2.26. The van der Waals surface area contributed by atoms with Crippen LogP contribution in [0.25, 0.3) is 0 Å². The van der Waals surface area contributed by atoms with Crippen LogP contribution in [0.3, 0.4) is 0 Å². The first-order chi connectivity index (χ1) is 6.74. The molecule has 0 spiro atoms. The summed E-state index contributed by atoms with van der Waals surface area (Å²) in [7, 11) is 3.15. The molecule has 1 aliphatic heterocycles. The first-order valence-corrected chi connectivity index (χ1v) is 5.92. The maximum Gasteiger partial charge on any atom is 0.255 e. The molecule has 1 N–H and O–H groups in total. The minimum atomic E-state index is 0.0380. The lowest BCUT2D eigenvalue weighted by atomic mass is 10.2. The lowest BCUT2D eigenvalue weighted by Gasteiger charge is -2.22. The Bertz CT molecular complexity index is 184. The summed E-state index contributed by atoms with van der Waals surface area (Å²) >= 11 is 1.74. The van der Waals surface area contributed by atoms with Crippen molar-refractivity contribution in [2.75, 3.05) is 33.0 Å². The second-order valence-electron chi connectivity index (χ2n) is 3.33. The van der Waals surface area contributed by atoms with E-state index in [2.05, 4.69) is 5.32 Å². The number of amides is 1. The molecule has 0 aliphatic carbocycles. The zero-order chi connectivity index (χ0) is 10.4. The molecule has 0 unspecified atom stereocenters. The lowest BCUT2D eigenvalue weighted by Crippen LogP contribution is -2.31. The Kier molecular flexibility index (Phi) is 5.29. The van der Waals surface area contributed by atoms with Gasteiger partial charge in [0.25, 0.3) is 5.91 Å². The summed E-state index contributed by atoms with van der Waals surface area (Å²) in [5.74, 6) is 0.561. The Hall–Kier alpha value is -0.260. The highest BCUT2D eigenvalue weighted by Gasteiger charge is 2.16. The van der Waals surface area contributed by atoms with Gasteiger partial charge in [0.05, 0.1) is 12.9 Å². The number of nitrogens with one attached hydrogen (secondary N) is 1. The molecular weight excluding hydrogens is 200 g/mol. The molecule has 14 heavy (non-hydrogen) atoms. The van der Waals surface area contributed by atoms with Gasteiger partial charge in [-0.15, -0.1) is 11.8 Å². The van der Waals surface area contributed by atoms with Crippen LogP contribution in [0.5, 0.6) is 0 Å². The first-order valence-electron chi connectivity index (χ1n) is 4.87. The highest BCUT2D eigenvalue weighted by molar-refractivity contribution is 8.00. The number of nitrogens with zero attached hydrogens (tertiary/aromatic N) is 1. The van der Waals surface area contributed by atoms with Crippen molar-refractivity contribution in [1.29, 1.82) is 0 Å². The van der Waals surface area contributed by atoms with E-state index < -0.39 is 0 Å². The second kappa shape index (κ2) is 6.27. The molecule has 0 bridgehead atoms. The SMILES string of the molecule is CON(C)C(=O)CSC1CCNCC1. The van der Waals surface area contributed by atoms with E-state index in [4.69, 9.17) is 4.84 Å². The summed E-state index contributed by atoms with van der Waals surface area (Å²) in [6.07, 6.45) is 2.32. The van der Waals surface area contributed by atoms with Crippen molar-refractivity contribution in [3.8, 4) is 0 Å². The largest absolute Gasteiger partial charge is 0.317 e. The quantitative estimate of drug-likeness (QED) is 0.697. The number of thioether (sulfide) groups is 1. The van der Waals surface area contributed by atoms with Crippen LogP contribution in [0.4, 0.5) is 0 Å². The van der Waals surface area contributed by atoms with Crippen LogP contribution in [0, 0.1) is 0 Å². The van der Waals surface area contributed by atoms with Crippen molar-refractivity contribution in [3.63, 3.8) is 0 Å². The highest BCUT2D eigenvalue weighted by Crippen LogP contribution is 2.20. The van der Waals surface area contributed by atoms with Crippen LogP contribution >= 0.6 is 11.8 Å². The van der Waals surface area contributed by atoms with Crippen molar-refractivity contribution in [3.05, 3.63) is 0 Å². The van der Waals surface area contributed by atoms with Crippen molar-refractivity contribution in [1.82, 2.24) is 10.4 Å². The molecule has 0 aromatic carbocycles. The third-order valence-corrected chi connectivity index (χ3v) is 3.71. The van der Waals surface area contributed by atoms with Gasteiger partial charge >= 0.3 is 0 Å². The van der Waals surface area contributed by atoms with Gasteiger partial charge in [0.1, 0.15) is 0 Å². The van der Waals surface area contributed by atoms with E-state index in [9.17, 15) is 4.79 Å². The van der Waals surface area contributed by atoms with Crippen LogP contribution < -0.4 is 5.32 Å². The van der Waals surface area contributed by atoms with Gasteiger partial charge in [-0.25, -0.2) is 5.06 Å². The Morgan fingerprint density at radius 1 is 1.57 bits per heavy atom. The number of carbonyl (C=O) groups excluding carboxylic acids is 1. The van der Waals surface area contributed by atoms with E-state index in [1.807, 2.05) is 0 Å². The van der Waals surface area contributed by atoms with Crippen molar-refractivity contribution in [2.45, 2.75) is 18.1 Å². The number of hydrogen-bond donors (Lipinski definition) is 1. The van der Waals surface area contributed by atoms with E-state index in [1.165, 1.54) is 12.2 Å². The topological polar surface area (TPSA) is 41.6 Å². The summed E-state index contributed by atoms with van der Waals surface area (Å²) in [6, 6.07) is 0. The fraction of sp³-hybridized carbons (Fsp3) is 0.889. The number of carbonyl (C=O) groups is 1. The fourth-order valence-electron chi connectivity index (χ4n) is 1.34. The molecule has 5 heteroatoms. The molecule has 0 radical (unpaired) electrons. The monoisotopic (exact) mass is 218 g/mol. The smallest absolute Gasteiger partial charge is 0.255 e. The third kappa shape index (κ3) is 3.86. The maximum absolute atomic E-state index is 11.4. The Labute approximate surface area is 89.3 Å². The van der Waals surface area contributed by atoms with Crippen molar-refractivity contribution in [2.24, 2.45) is 0 Å². The van der Waals surface area contributed by atoms with Crippen LogP contribution in [0.2, 0.25) is 0 Å². The van der Waals surface area contributed by atoms with Crippen LogP contribution in [-0.2, 0) is 9.63 Å². The summed E-state index contributed by atoms with van der Waals surface area (Å²) in [5, 5.41) is 5.22. The third-order valence-electron chi connectivity index (χ3n) is 2.35. The van der Waals surface area contributed by atoms with Gasteiger partial charge in [-0.05, 0) is 25.9 Å². The summed E-state index contributed by atoms with van der Waals surface area (Å²) in [5.41, 5.74) is 0. The predicted octanol–water partition coefficient (Wildman–Crippen LogP) is 0.491. The standard InChI is InChI=1S/C9H18N2O2S/c1-11(13-2)9(12)7-14-8-3-5-10-6-4-8/h8,10H,3-7H2,1-2H3. The number of hydroxylamine groups is 2. The molecule has 1 aliphatic rings. The summed E-state index contributed by atoms with van der Waals surface area (Å²) < 4.78 is 0. The van der Waals surface area contributed by atoms with Gasteiger partial charge in [0, 0.05) is 12.3 Å². The normalized spacial score (nSPS) is 18.1. The predicted molar refractivity (Wildman–Crippen MR) is 58.1 cm³/mol. The van der Waals surface area contributed by atoms with Gasteiger partial charge in [-0.1, -0.05) is 0 Å². The molecule has 1 heterocycles. The van der Waals surface area contributed by atoms with Gasteiger partial charge < -0.3 is 5.32 Å². The Balaban J connectivity index is 2.15. The van der Waals surface area contributed by atoms with Gasteiger partial charge in [0.15, 0.2) is 0 Å². The summed E-state index contributed by atoms with van der Waals surface area (Å²) in [6.45, 7) is 2.15. The maximum atomic E-state index is 11.4. The number of hydrogen-bond acceptors (Lipinski definition) is 4. The minimum Gasteiger partial charge on any atom is -0.317 e. The van der Waals surface area contributed by atoms with E-state index in [0.717, 1.165) is 25.9 Å². The Morgan fingerprint density at radius 3 is 2.79 bits per heavy atom. The molecule has 82 valence electrons. The van der Waals surface area contributed by atoms with E-state index in [1.54, 1.807) is 18.8 Å². The molecule has 0 aromatic rings. The second-order valence-corrected chi connectivity index (χ2v) is 4.62. The molecule has 4 nitrogen and oxygen atoms in total. The van der Waals surface area contributed by atoms with Crippen molar-refractivity contribution < 1.29 is 9.63 Å². The Morgan fingerprint density at radius 2 is 2.21 bits per heavy atom. The van der Waals surface area contributed by atoms with E-state index in [-0.39, 0.29) is 5.91 Å². The lowest BCUT2D eigenvalue weighted by molar-refractivity contribution is -0.165. The van der Waals surface area contributed by atoms with E-state index >= 15 is 0 Å². The molecule has 1 amide bonds. The van der Waals surface area contributed by atoms with Crippen LogP contribution in [-0.4, -0.2) is 49.2 Å². The number of rotatable bonds is 4. The minimum absolute atomic E-state index is 0.0380. The first kappa shape index (κ1) is 11.8. The fourth-order valence-corrected chi connectivity index (χ4v) is 2.47. The zero-order valence-corrected chi connectivity index (χ0v) is 9.60. The molecule has 0 aromatic heterocycles. The average molecular weight is 218 g/mol. The molecule has 0 saturated carbocycles. The zero-order valence-electron chi connectivity index (χ0n) is 8.78. The molecule has 1 saturated heterocycles. The summed E-state index contributed by atoms with van der Waals surface area (Å²) in [4.78, 5) is 16.2.